The molecule has 5 rings (SSSR count). The number of aliphatic hydroxyl groups excluding tert-OH is 1. The average Bonchev–Trinajstić information content (AvgIpc) is 2.46. The van der Waals surface area contributed by atoms with Gasteiger partial charge in [0.25, 0.3) is 0 Å². The predicted octanol–water partition coefficient (Wildman–Crippen LogP) is 3.37. The zero-order valence-electron chi connectivity index (χ0n) is 15.5. The molecule has 4 fully saturated rings. The zero-order valence-corrected chi connectivity index (χ0v) is 15.5. The molecule has 0 saturated heterocycles. The van der Waals surface area contributed by atoms with Crippen molar-refractivity contribution < 1.29 is 9.90 Å². The average molecular weight is 343 g/mol. The molecule has 136 valence electrons. The van der Waals surface area contributed by atoms with Gasteiger partial charge in [-0.2, -0.15) is 0 Å². The van der Waals surface area contributed by atoms with Crippen LogP contribution in [0.15, 0.2) is 6.20 Å². The van der Waals surface area contributed by atoms with Gasteiger partial charge < -0.3 is 10.4 Å². The van der Waals surface area contributed by atoms with Gasteiger partial charge in [0.2, 0.25) is 0 Å². The van der Waals surface area contributed by atoms with Crippen molar-refractivity contribution >= 4 is 11.6 Å². The summed E-state index contributed by atoms with van der Waals surface area (Å²) < 4.78 is 0. The number of carbonyl (C=O) groups excluding carboxylic acids is 1. The first-order chi connectivity index (χ1) is 11.8. The number of rotatable bonds is 5. The molecule has 4 aliphatic carbocycles. The molecule has 0 aliphatic heterocycles. The van der Waals surface area contributed by atoms with Gasteiger partial charge in [-0.05, 0) is 62.2 Å². The van der Waals surface area contributed by atoms with E-state index in [0.29, 0.717) is 23.2 Å². The van der Waals surface area contributed by atoms with Gasteiger partial charge >= 0.3 is 0 Å². The third kappa shape index (κ3) is 3.07. The van der Waals surface area contributed by atoms with E-state index in [1.54, 1.807) is 13.1 Å². The largest absolute Gasteiger partial charge is 0.392 e. The maximum Gasteiger partial charge on any atom is 0.165 e. The molecule has 1 aromatic rings. The van der Waals surface area contributed by atoms with Crippen LogP contribution in [0.4, 0.5) is 5.82 Å². The van der Waals surface area contributed by atoms with E-state index < -0.39 is 0 Å². The monoisotopic (exact) mass is 343 g/mol. The molecule has 5 heteroatoms. The van der Waals surface area contributed by atoms with Crippen molar-refractivity contribution in [3.8, 4) is 0 Å². The van der Waals surface area contributed by atoms with Crippen LogP contribution in [-0.4, -0.2) is 33.0 Å². The molecule has 0 amide bonds. The molecular formula is C20H29N3O2. The van der Waals surface area contributed by atoms with Gasteiger partial charge in [0.05, 0.1) is 11.7 Å². The molecule has 2 N–H and O–H groups in total. The first-order valence-corrected chi connectivity index (χ1v) is 9.58. The Kier molecular flexibility index (Phi) is 3.91. The molecule has 2 bridgehead atoms. The topological polar surface area (TPSA) is 75.1 Å². The molecular weight excluding hydrogens is 314 g/mol. The Hall–Kier alpha value is -1.49. The second-order valence-electron chi connectivity index (χ2n) is 9.38. The van der Waals surface area contributed by atoms with E-state index in [2.05, 4.69) is 24.1 Å². The zero-order chi connectivity index (χ0) is 17.8. The molecule has 2 atom stereocenters. The minimum atomic E-state index is -0.332. The van der Waals surface area contributed by atoms with Crippen LogP contribution in [0.25, 0.3) is 0 Å². The lowest BCUT2D eigenvalue weighted by atomic mass is 9.43. The van der Waals surface area contributed by atoms with E-state index in [0.717, 1.165) is 31.0 Å². The summed E-state index contributed by atoms with van der Waals surface area (Å²) in [5, 5.41) is 13.8. The van der Waals surface area contributed by atoms with Crippen molar-refractivity contribution in [1.82, 2.24) is 9.97 Å². The summed E-state index contributed by atoms with van der Waals surface area (Å²) in [5.41, 5.74) is 0.966. The van der Waals surface area contributed by atoms with Gasteiger partial charge in [0, 0.05) is 18.7 Å². The van der Waals surface area contributed by atoms with Crippen molar-refractivity contribution in [3.05, 3.63) is 17.6 Å². The van der Waals surface area contributed by atoms with Crippen LogP contribution >= 0.6 is 0 Å². The highest BCUT2D eigenvalue weighted by Crippen LogP contribution is 2.65. The lowest BCUT2D eigenvalue weighted by Crippen LogP contribution is -2.53. The van der Waals surface area contributed by atoms with Crippen LogP contribution in [0, 0.1) is 16.7 Å². The summed E-state index contributed by atoms with van der Waals surface area (Å²) in [6.07, 6.45) is 8.86. The highest BCUT2D eigenvalue weighted by atomic mass is 16.3. The predicted molar refractivity (Wildman–Crippen MR) is 96.6 cm³/mol. The minimum absolute atomic E-state index is 0.0174. The fourth-order valence-corrected chi connectivity index (χ4v) is 4.82. The molecule has 0 radical (unpaired) electrons. The Morgan fingerprint density at radius 3 is 2.64 bits per heavy atom. The van der Waals surface area contributed by atoms with Crippen LogP contribution < -0.4 is 5.32 Å². The summed E-state index contributed by atoms with van der Waals surface area (Å²) in [7, 11) is 0. The standard InChI is InChI=1S/C20H29N3O2/c1-12(24)15-11-21-17(10-20-7-13(8-20)9-20)23-18(15)22-14-4-5-19(2,3)16(25)6-14/h11,13-14,16,25H,4-10H2,1-3H3,(H,21,22,23). The highest BCUT2D eigenvalue weighted by Gasteiger charge is 2.56. The Morgan fingerprint density at radius 1 is 1.36 bits per heavy atom. The van der Waals surface area contributed by atoms with Crippen molar-refractivity contribution in [3.63, 3.8) is 0 Å². The number of aliphatic hydroxyl groups is 1. The number of ketones is 1. The van der Waals surface area contributed by atoms with Gasteiger partial charge in [-0.3, -0.25) is 4.79 Å². The molecule has 1 heterocycles. The maximum atomic E-state index is 12.0. The molecule has 4 saturated carbocycles. The Bertz CT molecular complexity index is 683. The Morgan fingerprint density at radius 2 is 2.08 bits per heavy atom. The summed E-state index contributed by atoms with van der Waals surface area (Å²) in [4.78, 5) is 21.2. The van der Waals surface area contributed by atoms with Gasteiger partial charge in [-0.25, -0.2) is 9.97 Å². The van der Waals surface area contributed by atoms with Gasteiger partial charge in [0.1, 0.15) is 11.6 Å². The van der Waals surface area contributed by atoms with E-state index in [9.17, 15) is 9.90 Å². The smallest absolute Gasteiger partial charge is 0.165 e. The van der Waals surface area contributed by atoms with E-state index >= 15 is 0 Å². The number of nitrogens with one attached hydrogen (secondary N) is 1. The van der Waals surface area contributed by atoms with Crippen molar-refractivity contribution in [1.29, 1.82) is 0 Å². The van der Waals surface area contributed by atoms with Crippen LogP contribution in [0.5, 0.6) is 0 Å². The van der Waals surface area contributed by atoms with Crippen LogP contribution in [0.2, 0.25) is 0 Å². The first-order valence-electron chi connectivity index (χ1n) is 9.58. The van der Waals surface area contributed by atoms with Crippen LogP contribution in [0.3, 0.4) is 0 Å². The van der Waals surface area contributed by atoms with Crippen molar-refractivity contribution in [2.24, 2.45) is 16.7 Å². The second kappa shape index (κ2) is 5.76. The fourth-order valence-electron chi connectivity index (χ4n) is 4.82. The van der Waals surface area contributed by atoms with Gasteiger partial charge in [-0.15, -0.1) is 0 Å². The molecule has 5 nitrogen and oxygen atoms in total. The molecule has 0 aromatic carbocycles. The van der Waals surface area contributed by atoms with Crippen LogP contribution in [0.1, 0.15) is 75.5 Å². The third-order valence-electron chi connectivity index (χ3n) is 6.80. The Labute approximate surface area is 149 Å². The first kappa shape index (κ1) is 17.0. The van der Waals surface area contributed by atoms with E-state index in [1.807, 2.05) is 0 Å². The molecule has 25 heavy (non-hydrogen) atoms. The molecule has 4 aliphatic rings. The number of hydrogen-bond acceptors (Lipinski definition) is 5. The van der Waals surface area contributed by atoms with Gasteiger partial charge in [-0.1, -0.05) is 13.8 Å². The lowest BCUT2D eigenvalue weighted by molar-refractivity contribution is -0.106. The minimum Gasteiger partial charge on any atom is -0.392 e. The van der Waals surface area contributed by atoms with Gasteiger partial charge in [0.15, 0.2) is 5.78 Å². The number of hydrogen-bond donors (Lipinski definition) is 2. The number of anilines is 1. The van der Waals surface area contributed by atoms with E-state index in [4.69, 9.17) is 4.98 Å². The quantitative estimate of drug-likeness (QED) is 0.802. The normalized spacial score (nSPS) is 35.4. The number of carbonyl (C=O) groups is 1. The van der Waals surface area contributed by atoms with Crippen LogP contribution in [-0.2, 0) is 6.42 Å². The Balaban J connectivity index is 1.51. The van der Waals surface area contributed by atoms with Crippen molar-refractivity contribution in [2.75, 3.05) is 5.32 Å². The third-order valence-corrected chi connectivity index (χ3v) is 6.80. The molecule has 2 unspecified atom stereocenters. The van der Waals surface area contributed by atoms with E-state index in [1.165, 1.54) is 19.3 Å². The summed E-state index contributed by atoms with van der Waals surface area (Å²) in [5.74, 6) is 2.43. The summed E-state index contributed by atoms with van der Waals surface area (Å²) >= 11 is 0. The number of Topliss-reactive ketones (excluding diaryl/α,β-unsaturated/α-hetero) is 1. The van der Waals surface area contributed by atoms with E-state index in [-0.39, 0.29) is 23.3 Å². The van der Waals surface area contributed by atoms with Crippen molar-refractivity contribution in [2.45, 2.75) is 77.9 Å². The summed E-state index contributed by atoms with van der Waals surface area (Å²) in [6.45, 7) is 5.78. The lowest BCUT2D eigenvalue weighted by Gasteiger charge is -2.62. The molecule has 1 aromatic heterocycles. The fraction of sp³-hybridized carbons (Fsp3) is 0.750. The SMILES string of the molecule is CC(=O)c1cnc(CC23CC(C2)C3)nc1NC1CCC(C)(C)C(O)C1. The molecule has 0 spiro atoms. The number of aromatic nitrogens is 2. The summed E-state index contributed by atoms with van der Waals surface area (Å²) in [6, 6.07) is 0.152. The number of nitrogens with zero attached hydrogens (tertiary/aromatic N) is 2. The highest BCUT2D eigenvalue weighted by molar-refractivity contribution is 5.98. The maximum absolute atomic E-state index is 12.0. The second-order valence-corrected chi connectivity index (χ2v) is 9.38.